The Labute approximate surface area is 90.4 Å². The summed E-state index contributed by atoms with van der Waals surface area (Å²) in [4.78, 5) is 11.7. The Morgan fingerprint density at radius 3 is 2.40 bits per heavy atom. The van der Waals surface area contributed by atoms with Gasteiger partial charge >= 0.3 is 5.97 Å². The van der Waals surface area contributed by atoms with Gasteiger partial charge in [0.05, 0.1) is 5.57 Å². The molecule has 2 aliphatic rings. The molecule has 0 spiro atoms. The molecular weight excluding hydrogens is 192 g/mol. The highest BCUT2D eigenvalue weighted by atomic mass is 16.7. The second-order valence-electron chi connectivity index (χ2n) is 4.71. The zero-order valence-electron chi connectivity index (χ0n) is 9.47. The molecule has 3 heteroatoms. The first kappa shape index (κ1) is 10.5. The molecule has 1 heterocycles. The summed E-state index contributed by atoms with van der Waals surface area (Å²) in [6.07, 6.45) is 6.31. The van der Waals surface area contributed by atoms with Crippen LogP contribution in [-0.2, 0) is 14.3 Å². The van der Waals surface area contributed by atoms with Crippen LogP contribution >= 0.6 is 0 Å². The van der Waals surface area contributed by atoms with Crippen molar-refractivity contribution in [2.24, 2.45) is 0 Å². The molecule has 1 aliphatic heterocycles. The SMILES string of the molecule is CC1(C)OC(=O)C2=C(CCCCCC2)O1. The van der Waals surface area contributed by atoms with Gasteiger partial charge in [0.2, 0.25) is 5.79 Å². The van der Waals surface area contributed by atoms with Crippen molar-refractivity contribution in [1.82, 2.24) is 0 Å². The van der Waals surface area contributed by atoms with E-state index in [2.05, 4.69) is 0 Å². The molecule has 0 saturated carbocycles. The monoisotopic (exact) mass is 210 g/mol. The Hall–Kier alpha value is -0.990. The van der Waals surface area contributed by atoms with E-state index in [-0.39, 0.29) is 5.97 Å². The molecule has 1 aliphatic carbocycles. The number of carbonyl (C=O) groups is 1. The molecule has 0 atom stereocenters. The van der Waals surface area contributed by atoms with Crippen molar-refractivity contribution in [1.29, 1.82) is 0 Å². The third-order valence-corrected chi connectivity index (χ3v) is 2.87. The van der Waals surface area contributed by atoms with Crippen molar-refractivity contribution < 1.29 is 14.3 Å². The van der Waals surface area contributed by atoms with Crippen molar-refractivity contribution in [3.8, 4) is 0 Å². The average molecular weight is 210 g/mol. The van der Waals surface area contributed by atoms with E-state index < -0.39 is 5.79 Å². The fraction of sp³-hybridized carbons (Fsp3) is 0.750. The lowest BCUT2D eigenvalue weighted by atomic mass is 9.97. The van der Waals surface area contributed by atoms with Crippen LogP contribution in [0.25, 0.3) is 0 Å². The Balaban J connectivity index is 2.25. The van der Waals surface area contributed by atoms with E-state index in [0.717, 1.165) is 37.0 Å². The summed E-state index contributed by atoms with van der Waals surface area (Å²) in [6.45, 7) is 3.57. The smallest absolute Gasteiger partial charge is 0.340 e. The van der Waals surface area contributed by atoms with Crippen LogP contribution in [0, 0.1) is 0 Å². The zero-order chi connectivity index (χ0) is 10.9. The molecule has 0 N–H and O–H groups in total. The first-order valence-corrected chi connectivity index (χ1v) is 5.73. The van der Waals surface area contributed by atoms with E-state index in [1.165, 1.54) is 12.8 Å². The predicted octanol–water partition coefficient (Wildman–Crippen LogP) is 2.90. The molecule has 0 fully saturated rings. The lowest BCUT2D eigenvalue weighted by Crippen LogP contribution is -2.37. The van der Waals surface area contributed by atoms with Gasteiger partial charge in [-0.1, -0.05) is 12.8 Å². The molecule has 0 radical (unpaired) electrons. The summed E-state index contributed by atoms with van der Waals surface area (Å²) in [7, 11) is 0. The van der Waals surface area contributed by atoms with E-state index in [1.807, 2.05) is 0 Å². The largest absolute Gasteiger partial charge is 0.457 e. The molecule has 15 heavy (non-hydrogen) atoms. The Kier molecular flexibility index (Phi) is 2.72. The lowest BCUT2D eigenvalue weighted by molar-refractivity contribution is -0.209. The summed E-state index contributed by atoms with van der Waals surface area (Å²) in [6, 6.07) is 0. The number of esters is 1. The summed E-state index contributed by atoms with van der Waals surface area (Å²) >= 11 is 0. The fourth-order valence-corrected chi connectivity index (χ4v) is 2.16. The molecule has 84 valence electrons. The second-order valence-corrected chi connectivity index (χ2v) is 4.71. The summed E-state index contributed by atoms with van der Waals surface area (Å²) in [5.41, 5.74) is 0.772. The zero-order valence-corrected chi connectivity index (χ0v) is 9.47. The van der Waals surface area contributed by atoms with Crippen LogP contribution < -0.4 is 0 Å². The lowest BCUT2D eigenvalue weighted by Gasteiger charge is -2.34. The van der Waals surface area contributed by atoms with Crippen molar-refractivity contribution >= 4 is 5.97 Å². The molecule has 0 unspecified atom stereocenters. The van der Waals surface area contributed by atoms with Crippen LogP contribution in [-0.4, -0.2) is 11.8 Å². The maximum absolute atomic E-state index is 11.7. The normalized spacial score (nSPS) is 25.9. The van der Waals surface area contributed by atoms with Gasteiger partial charge in [-0.3, -0.25) is 0 Å². The van der Waals surface area contributed by atoms with Crippen LogP contribution in [0.5, 0.6) is 0 Å². The first-order chi connectivity index (χ1) is 7.08. The molecule has 0 bridgehead atoms. The van der Waals surface area contributed by atoms with E-state index in [9.17, 15) is 4.79 Å². The Bertz CT molecular complexity index is 302. The predicted molar refractivity (Wildman–Crippen MR) is 56.0 cm³/mol. The van der Waals surface area contributed by atoms with Gasteiger partial charge in [-0.05, 0) is 19.3 Å². The molecule has 2 rings (SSSR count). The second kappa shape index (κ2) is 3.87. The standard InChI is InChI=1S/C12H18O3/c1-12(2)14-10-8-6-4-3-5-7-9(10)11(13)15-12/h3-8H2,1-2H3. The maximum Gasteiger partial charge on any atom is 0.340 e. The first-order valence-electron chi connectivity index (χ1n) is 5.73. The molecule has 0 aromatic rings. The number of carbonyl (C=O) groups excluding carboxylic acids is 1. The minimum atomic E-state index is -0.783. The van der Waals surface area contributed by atoms with Crippen LogP contribution in [0.3, 0.4) is 0 Å². The minimum absolute atomic E-state index is 0.178. The maximum atomic E-state index is 11.7. The topological polar surface area (TPSA) is 35.5 Å². The van der Waals surface area contributed by atoms with E-state index in [1.54, 1.807) is 13.8 Å². The van der Waals surface area contributed by atoms with Gasteiger partial charge in [-0.15, -0.1) is 0 Å². The van der Waals surface area contributed by atoms with Crippen molar-refractivity contribution in [3.63, 3.8) is 0 Å². The van der Waals surface area contributed by atoms with Crippen LogP contribution in [0.2, 0.25) is 0 Å². The summed E-state index contributed by atoms with van der Waals surface area (Å²) < 4.78 is 10.9. The van der Waals surface area contributed by atoms with E-state index >= 15 is 0 Å². The van der Waals surface area contributed by atoms with Crippen LogP contribution in [0.1, 0.15) is 52.4 Å². The number of rotatable bonds is 0. The van der Waals surface area contributed by atoms with Crippen molar-refractivity contribution in [3.05, 3.63) is 11.3 Å². The van der Waals surface area contributed by atoms with Gasteiger partial charge in [0.1, 0.15) is 5.76 Å². The third-order valence-electron chi connectivity index (χ3n) is 2.87. The van der Waals surface area contributed by atoms with Gasteiger partial charge in [-0.2, -0.15) is 0 Å². The minimum Gasteiger partial charge on any atom is -0.457 e. The molecule has 3 nitrogen and oxygen atoms in total. The van der Waals surface area contributed by atoms with E-state index in [4.69, 9.17) is 9.47 Å². The molecule has 0 amide bonds. The molecule has 0 aromatic carbocycles. The Morgan fingerprint density at radius 2 is 1.67 bits per heavy atom. The van der Waals surface area contributed by atoms with Gasteiger partial charge in [0.25, 0.3) is 0 Å². The summed E-state index contributed by atoms with van der Waals surface area (Å²) in [5, 5.41) is 0. The highest BCUT2D eigenvalue weighted by molar-refractivity contribution is 5.89. The number of hydrogen-bond donors (Lipinski definition) is 0. The molecule has 0 aromatic heterocycles. The summed E-state index contributed by atoms with van der Waals surface area (Å²) in [5.74, 6) is -0.0890. The van der Waals surface area contributed by atoms with Gasteiger partial charge in [0, 0.05) is 20.3 Å². The molecular formula is C12H18O3. The third kappa shape index (κ3) is 2.33. The van der Waals surface area contributed by atoms with Crippen molar-refractivity contribution in [2.75, 3.05) is 0 Å². The van der Waals surface area contributed by atoms with Crippen LogP contribution in [0.4, 0.5) is 0 Å². The number of hydrogen-bond acceptors (Lipinski definition) is 3. The van der Waals surface area contributed by atoms with Gasteiger partial charge in [-0.25, -0.2) is 4.79 Å². The van der Waals surface area contributed by atoms with Gasteiger partial charge in [0.15, 0.2) is 0 Å². The fourth-order valence-electron chi connectivity index (χ4n) is 2.16. The number of cyclic esters (lactones) is 1. The van der Waals surface area contributed by atoms with Gasteiger partial charge < -0.3 is 9.47 Å². The number of ether oxygens (including phenoxy) is 2. The van der Waals surface area contributed by atoms with Crippen molar-refractivity contribution in [2.45, 2.75) is 58.2 Å². The number of allylic oxidation sites excluding steroid dienone is 1. The highest BCUT2D eigenvalue weighted by Gasteiger charge is 2.35. The average Bonchev–Trinajstić information content (AvgIpc) is 2.06. The Morgan fingerprint density at radius 1 is 1.00 bits per heavy atom. The highest BCUT2D eigenvalue weighted by Crippen LogP contribution is 2.33. The van der Waals surface area contributed by atoms with Crippen LogP contribution in [0.15, 0.2) is 11.3 Å². The molecule has 0 saturated heterocycles. The van der Waals surface area contributed by atoms with E-state index in [0.29, 0.717) is 0 Å². The quantitative estimate of drug-likeness (QED) is 0.577.